The van der Waals surface area contributed by atoms with E-state index in [4.69, 9.17) is 9.47 Å². The van der Waals surface area contributed by atoms with Crippen molar-refractivity contribution in [2.75, 3.05) is 14.2 Å². The Kier molecular flexibility index (Phi) is 3.21. The predicted molar refractivity (Wildman–Crippen MR) is 62.5 cm³/mol. The van der Waals surface area contributed by atoms with Crippen LogP contribution >= 0.6 is 0 Å². The highest BCUT2D eigenvalue weighted by Crippen LogP contribution is 2.20. The van der Waals surface area contributed by atoms with Crippen molar-refractivity contribution >= 4 is 13.3 Å². The summed E-state index contributed by atoms with van der Waals surface area (Å²) in [5.41, 5.74) is 0. The first-order valence-corrected chi connectivity index (χ1v) is 8.21. The van der Waals surface area contributed by atoms with Crippen molar-refractivity contribution in [1.29, 1.82) is 0 Å². The minimum Gasteiger partial charge on any atom is -0.497 e. The number of benzene rings is 1. The molecule has 0 amide bonds. The van der Waals surface area contributed by atoms with Gasteiger partial charge in [-0.2, -0.15) is 0 Å². The van der Waals surface area contributed by atoms with Crippen molar-refractivity contribution in [3.63, 3.8) is 0 Å². The molecule has 0 saturated heterocycles. The van der Waals surface area contributed by atoms with E-state index in [1.165, 1.54) is 5.19 Å². The molecule has 1 aromatic carbocycles. The average Bonchev–Trinajstić information content (AvgIpc) is 2.15. The Hall–Kier alpha value is -0.963. The molecule has 3 heteroatoms. The van der Waals surface area contributed by atoms with Crippen LogP contribution in [0.3, 0.4) is 0 Å². The van der Waals surface area contributed by atoms with Crippen LogP contribution in [0.1, 0.15) is 0 Å². The van der Waals surface area contributed by atoms with Gasteiger partial charge >= 0.3 is 0 Å². The summed E-state index contributed by atoms with van der Waals surface area (Å²) < 4.78 is 10.5. The number of methoxy groups -OCH3 is 2. The molecule has 1 aromatic rings. The molecule has 0 bridgehead atoms. The molecule has 0 N–H and O–H groups in total. The van der Waals surface area contributed by atoms with Crippen LogP contribution in [0.5, 0.6) is 11.5 Å². The Bertz CT molecular complexity index is 316. The first-order chi connectivity index (χ1) is 6.49. The minimum atomic E-state index is -1.32. The molecule has 14 heavy (non-hydrogen) atoms. The maximum absolute atomic E-state index is 5.37. The average molecular weight is 210 g/mol. The van der Waals surface area contributed by atoms with Crippen molar-refractivity contribution in [3.05, 3.63) is 18.2 Å². The fourth-order valence-electron chi connectivity index (χ4n) is 1.42. The lowest BCUT2D eigenvalue weighted by atomic mass is 10.3. The summed E-state index contributed by atoms with van der Waals surface area (Å²) in [6, 6.07) is 6.06. The smallest absolute Gasteiger partial charge is 0.122 e. The number of hydrogen-bond donors (Lipinski definition) is 0. The number of ether oxygens (including phenoxy) is 2. The zero-order valence-electron chi connectivity index (χ0n) is 9.55. The van der Waals surface area contributed by atoms with Gasteiger partial charge in [-0.1, -0.05) is 25.7 Å². The summed E-state index contributed by atoms with van der Waals surface area (Å²) in [6.45, 7) is 6.91. The molecule has 0 saturated carbocycles. The third kappa shape index (κ3) is 2.29. The first-order valence-electron chi connectivity index (χ1n) is 4.71. The fourth-order valence-corrected chi connectivity index (χ4v) is 2.91. The van der Waals surface area contributed by atoms with Crippen LogP contribution in [0.2, 0.25) is 19.6 Å². The minimum absolute atomic E-state index is 0.851. The quantitative estimate of drug-likeness (QED) is 0.712. The second kappa shape index (κ2) is 4.05. The normalized spacial score (nSPS) is 11.2. The number of hydrogen-bond acceptors (Lipinski definition) is 2. The van der Waals surface area contributed by atoms with E-state index in [9.17, 15) is 0 Å². The summed E-state index contributed by atoms with van der Waals surface area (Å²) in [7, 11) is 2.06. The molecule has 0 unspecified atom stereocenters. The van der Waals surface area contributed by atoms with E-state index in [1.54, 1.807) is 14.2 Å². The van der Waals surface area contributed by atoms with E-state index in [2.05, 4.69) is 25.7 Å². The second-order valence-electron chi connectivity index (χ2n) is 4.32. The molecule has 0 heterocycles. The third-order valence-corrected chi connectivity index (χ3v) is 4.25. The van der Waals surface area contributed by atoms with Gasteiger partial charge in [-0.25, -0.2) is 0 Å². The van der Waals surface area contributed by atoms with Gasteiger partial charge in [0.1, 0.15) is 11.5 Å². The lowest BCUT2D eigenvalue weighted by molar-refractivity contribution is 0.396. The Labute approximate surface area is 86.9 Å². The molecular weight excluding hydrogens is 192 g/mol. The van der Waals surface area contributed by atoms with Crippen molar-refractivity contribution < 1.29 is 9.47 Å². The lowest BCUT2D eigenvalue weighted by Crippen LogP contribution is -2.38. The monoisotopic (exact) mass is 210 g/mol. The topological polar surface area (TPSA) is 18.5 Å². The Morgan fingerprint density at radius 2 is 1.64 bits per heavy atom. The summed E-state index contributed by atoms with van der Waals surface area (Å²) in [5, 5.41) is 1.33. The highest BCUT2D eigenvalue weighted by Gasteiger charge is 2.21. The van der Waals surface area contributed by atoms with E-state index in [0.717, 1.165) is 11.5 Å². The molecule has 0 aromatic heterocycles. The lowest BCUT2D eigenvalue weighted by Gasteiger charge is -2.20. The largest absolute Gasteiger partial charge is 0.497 e. The second-order valence-corrected chi connectivity index (χ2v) is 9.35. The predicted octanol–water partition coefficient (Wildman–Crippen LogP) is 2.25. The molecule has 0 aliphatic rings. The van der Waals surface area contributed by atoms with Gasteiger partial charge in [-0.3, -0.25) is 0 Å². The molecule has 0 radical (unpaired) electrons. The van der Waals surface area contributed by atoms with Crippen molar-refractivity contribution in [2.45, 2.75) is 19.6 Å². The molecule has 78 valence electrons. The number of rotatable bonds is 3. The summed E-state index contributed by atoms with van der Waals surface area (Å²) in [5.74, 6) is 1.80. The summed E-state index contributed by atoms with van der Waals surface area (Å²) >= 11 is 0. The van der Waals surface area contributed by atoms with Crippen LogP contribution in [0.15, 0.2) is 18.2 Å². The van der Waals surface area contributed by atoms with E-state index in [0.29, 0.717) is 0 Å². The zero-order valence-corrected chi connectivity index (χ0v) is 10.5. The molecule has 0 atom stereocenters. The fraction of sp³-hybridized carbons (Fsp3) is 0.455. The molecule has 0 fully saturated rings. The summed E-state index contributed by atoms with van der Waals surface area (Å²) in [4.78, 5) is 0. The van der Waals surface area contributed by atoms with Gasteiger partial charge in [0.05, 0.1) is 22.3 Å². The van der Waals surface area contributed by atoms with Crippen molar-refractivity contribution in [1.82, 2.24) is 0 Å². The molecule has 1 rings (SSSR count). The van der Waals surface area contributed by atoms with E-state index in [-0.39, 0.29) is 0 Å². The van der Waals surface area contributed by atoms with Gasteiger partial charge < -0.3 is 9.47 Å². The van der Waals surface area contributed by atoms with Gasteiger partial charge in [0, 0.05) is 6.07 Å². The van der Waals surface area contributed by atoms with Gasteiger partial charge in [0.25, 0.3) is 0 Å². The van der Waals surface area contributed by atoms with Crippen LogP contribution in [0.4, 0.5) is 0 Å². The first kappa shape index (κ1) is 11.1. The molecule has 0 aliphatic heterocycles. The highest BCUT2D eigenvalue weighted by molar-refractivity contribution is 6.89. The Morgan fingerprint density at radius 1 is 1.00 bits per heavy atom. The van der Waals surface area contributed by atoms with Crippen LogP contribution in [0.25, 0.3) is 0 Å². The maximum atomic E-state index is 5.37. The van der Waals surface area contributed by atoms with Crippen LogP contribution in [-0.4, -0.2) is 22.3 Å². The molecule has 0 spiro atoms. The van der Waals surface area contributed by atoms with Crippen LogP contribution in [-0.2, 0) is 0 Å². The van der Waals surface area contributed by atoms with Crippen LogP contribution in [0, 0.1) is 0 Å². The van der Waals surface area contributed by atoms with E-state index >= 15 is 0 Å². The molecule has 0 aliphatic carbocycles. The van der Waals surface area contributed by atoms with Gasteiger partial charge in [0.2, 0.25) is 0 Å². The van der Waals surface area contributed by atoms with Crippen molar-refractivity contribution in [2.24, 2.45) is 0 Å². The van der Waals surface area contributed by atoms with Crippen LogP contribution < -0.4 is 14.7 Å². The SMILES string of the molecule is COc1ccc([Si](C)(C)C)c(OC)c1. The Balaban J connectivity index is 3.18. The summed E-state index contributed by atoms with van der Waals surface area (Å²) in [6.07, 6.45) is 0. The van der Waals surface area contributed by atoms with Gasteiger partial charge in [-0.15, -0.1) is 0 Å². The zero-order chi connectivity index (χ0) is 10.8. The van der Waals surface area contributed by atoms with E-state index in [1.807, 2.05) is 12.1 Å². The third-order valence-electron chi connectivity index (χ3n) is 2.22. The standard InChI is InChI=1S/C11H18O2Si/c1-12-9-6-7-11(14(3,4)5)10(8-9)13-2/h6-8H,1-5H3. The van der Waals surface area contributed by atoms with Gasteiger partial charge in [-0.05, 0) is 11.3 Å². The highest BCUT2D eigenvalue weighted by atomic mass is 28.3. The molecular formula is C11H18O2Si. The van der Waals surface area contributed by atoms with E-state index < -0.39 is 8.07 Å². The Morgan fingerprint density at radius 3 is 2.07 bits per heavy atom. The molecule has 2 nitrogen and oxygen atoms in total. The van der Waals surface area contributed by atoms with Gasteiger partial charge in [0.15, 0.2) is 0 Å². The van der Waals surface area contributed by atoms with Crippen molar-refractivity contribution in [3.8, 4) is 11.5 Å². The maximum Gasteiger partial charge on any atom is 0.122 e.